The summed E-state index contributed by atoms with van der Waals surface area (Å²) in [6.07, 6.45) is 0.635. The standard InChI is InChI=1S/C24H31F2N3O3/c1-2-31-21-7-5-20(6-8-21)17-28-13-15-29(16-14-28)18-23(30)27-12-11-19-3-9-22(10-4-19)32-24(25)26/h3-10,24H,2,11-18H2,1H3,(H,27,30). The van der Waals surface area contributed by atoms with Gasteiger partial charge in [0.05, 0.1) is 13.2 Å². The first-order valence-electron chi connectivity index (χ1n) is 11.0. The maximum Gasteiger partial charge on any atom is 0.387 e. The molecule has 0 spiro atoms. The Morgan fingerprint density at radius 1 is 0.938 bits per heavy atom. The van der Waals surface area contributed by atoms with Gasteiger partial charge >= 0.3 is 6.61 Å². The second-order valence-corrected chi connectivity index (χ2v) is 7.75. The lowest BCUT2D eigenvalue weighted by molar-refractivity contribution is -0.122. The molecular weight excluding hydrogens is 416 g/mol. The summed E-state index contributed by atoms with van der Waals surface area (Å²) in [6.45, 7) is 5.17. The molecule has 0 aromatic heterocycles. The number of rotatable bonds is 11. The van der Waals surface area contributed by atoms with Crippen molar-refractivity contribution in [1.82, 2.24) is 15.1 Å². The number of hydrogen-bond acceptors (Lipinski definition) is 5. The van der Waals surface area contributed by atoms with E-state index < -0.39 is 6.61 Å². The molecule has 1 saturated heterocycles. The van der Waals surface area contributed by atoms with Crippen LogP contribution in [0.5, 0.6) is 11.5 Å². The molecule has 1 fully saturated rings. The zero-order valence-electron chi connectivity index (χ0n) is 18.4. The van der Waals surface area contributed by atoms with E-state index >= 15 is 0 Å². The summed E-state index contributed by atoms with van der Waals surface area (Å²) < 4.78 is 34.2. The van der Waals surface area contributed by atoms with Crippen LogP contribution in [-0.4, -0.2) is 68.2 Å². The number of carbonyl (C=O) groups is 1. The van der Waals surface area contributed by atoms with Gasteiger partial charge in [-0.05, 0) is 48.7 Å². The smallest absolute Gasteiger partial charge is 0.387 e. The number of nitrogens with zero attached hydrogens (tertiary/aromatic N) is 2. The molecule has 1 heterocycles. The predicted octanol–water partition coefficient (Wildman–Crippen LogP) is 3.16. The van der Waals surface area contributed by atoms with Crippen molar-refractivity contribution in [1.29, 1.82) is 0 Å². The molecule has 1 amide bonds. The van der Waals surface area contributed by atoms with Crippen LogP contribution in [-0.2, 0) is 17.8 Å². The molecule has 2 aromatic carbocycles. The average molecular weight is 448 g/mol. The fourth-order valence-electron chi connectivity index (χ4n) is 3.66. The molecule has 1 N–H and O–H groups in total. The van der Waals surface area contributed by atoms with Crippen molar-refractivity contribution in [3.05, 3.63) is 59.7 Å². The summed E-state index contributed by atoms with van der Waals surface area (Å²) in [5.74, 6) is 1.03. The van der Waals surface area contributed by atoms with E-state index in [2.05, 4.69) is 32.0 Å². The summed E-state index contributed by atoms with van der Waals surface area (Å²) in [5.41, 5.74) is 2.21. The Balaban J connectivity index is 1.31. The second kappa shape index (κ2) is 12.4. The Labute approximate surface area is 188 Å². The third-order valence-electron chi connectivity index (χ3n) is 5.36. The van der Waals surface area contributed by atoms with Crippen molar-refractivity contribution in [3.8, 4) is 11.5 Å². The van der Waals surface area contributed by atoms with E-state index in [0.717, 1.165) is 44.0 Å². The molecule has 8 heteroatoms. The van der Waals surface area contributed by atoms with Gasteiger partial charge in [-0.25, -0.2) is 0 Å². The van der Waals surface area contributed by atoms with Gasteiger partial charge in [0.25, 0.3) is 0 Å². The molecule has 6 nitrogen and oxygen atoms in total. The first-order chi connectivity index (χ1) is 15.5. The van der Waals surface area contributed by atoms with E-state index in [1.807, 2.05) is 19.1 Å². The molecule has 0 unspecified atom stereocenters. The molecule has 2 aromatic rings. The van der Waals surface area contributed by atoms with Gasteiger partial charge in [0.15, 0.2) is 0 Å². The van der Waals surface area contributed by atoms with Gasteiger partial charge in [0.1, 0.15) is 11.5 Å². The Morgan fingerprint density at radius 3 is 2.16 bits per heavy atom. The Kier molecular flexibility index (Phi) is 9.25. The predicted molar refractivity (Wildman–Crippen MR) is 119 cm³/mol. The van der Waals surface area contributed by atoms with Gasteiger partial charge in [-0.2, -0.15) is 8.78 Å². The van der Waals surface area contributed by atoms with Gasteiger partial charge in [-0.3, -0.25) is 14.6 Å². The van der Waals surface area contributed by atoms with Crippen LogP contribution in [0.15, 0.2) is 48.5 Å². The van der Waals surface area contributed by atoms with Crippen LogP contribution in [0.2, 0.25) is 0 Å². The highest BCUT2D eigenvalue weighted by atomic mass is 19.3. The number of amides is 1. The lowest BCUT2D eigenvalue weighted by Crippen LogP contribution is -2.49. The van der Waals surface area contributed by atoms with Crippen LogP contribution in [0.3, 0.4) is 0 Å². The minimum atomic E-state index is -2.82. The first kappa shape index (κ1) is 23.9. The number of ether oxygens (including phenoxy) is 2. The summed E-state index contributed by atoms with van der Waals surface area (Å²) in [4.78, 5) is 16.8. The topological polar surface area (TPSA) is 54.0 Å². The number of hydrogen-bond donors (Lipinski definition) is 1. The van der Waals surface area contributed by atoms with E-state index in [9.17, 15) is 13.6 Å². The van der Waals surface area contributed by atoms with Gasteiger partial charge < -0.3 is 14.8 Å². The van der Waals surface area contributed by atoms with E-state index in [1.165, 1.54) is 17.7 Å². The van der Waals surface area contributed by atoms with Crippen LogP contribution in [0.4, 0.5) is 8.78 Å². The molecular formula is C24H31F2N3O3. The lowest BCUT2D eigenvalue weighted by Gasteiger charge is -2.34. The van der Waals surface area contributed by atoms with Crippen LogP contribution < -0.4 is 14.8 Å². The van der Waals surface area contributed by atoms with E-state index in [4.69, 9.17) is 4.74 Å². The molecule has 0 saturated carbocycles. The second-order valence-electron chi connectivity index (χ2n) is 7.75. The van der Waals surface area contributed by atoms with Crippen LogP contribution in [0, 0.1) is 0 Å². The molecule has 1 aliphatic heterocycles. The molecule has 0 bridgehead atoms. The highest BCUT2D eigenvalue weighted by Crippen LogP contribution is 2.16. The molecule has 3 rings (SSSR count). The number of alkyl halides is 2. The van der Waals surface area contributed by atoms with Gasteiger partial charge in [0.2, 0.25) is 5.91 Å². The summed E-state index contributed by atoms with van der Waals surface area (Å²) in [6, 6.07) is 14.7. The van der Waals surface area contributed by atoms with E-state index in [-0.39, 0.29) is 11.7 Å². The SMILES string of the molecule is CCOc1ccc(CN2CCN(CC(=O)NCCc3ccc(OC(F)F)cc3)CC2)cc1. The van der Waals surface area contributed by atoms with E-state index in [0.29, 0.717) is 26.1 Å². The van der Waals surface area contributed by atoms with Crippen LogP contribution >= 0.6 is 0 Å². The Hall–Kier alpha value is -2.71. The zero-order chi connectivity index (χ0) is 22.8. The third kappa shape index (κ3) is 8.09. The van der Waals surface area contributed by atoms with Crippen LogP contribution in [0.25, 0.3) is 0 Å². The summed E-state index contributed by atoms with van der Waals surface area (Å²) in [5, 5.41) is 2.93. The Morgan fingerprint density at radius 2 is 1.53 bits per heavy atom. The minimum absolute atomic E-state index is 0.00242. The van der Waals surface area contributed by atoms with Crippen molar-refractivity contribution in [3.63, 3.8) is 0 Å². The first-order valence-corrected chi connectivity index (χ1v) is 11.0. The van der Waals surface area contributed by atoms with Gasteiger partial charge in [-0.1, -0.05) is 24.3 Å². The van der Waals surface area contributed by atoms with Crippen molar-refractivity contribution < 1.29 is 23.0 Å². The molecule has 32 heavy (non-hydrogen) atoms. The molecule has 174 valence electrons. The Bertz CT molecular complexity index is 823. The lowest BCUT2D eigenvalue weighted by atomic mass is 10.1. The van der Waals surface area contributed by atoms with Gasteiger partial charge in [-0.15, -0.1) is 0 Å². The largest absolute Gasteiger partial charge is 0.494 e. The number of halogens is 2. The molecule has 0 aliphatic carbocycles. The zero-order valence-corrected chi connectivity index (χ0v) is 18.4. The summed E-state index contributed by atoms with van der Waals surface area (Å²) >= 11 is 0. The van der Waals surface area contributed by atoms with Crippen molar-refractivity contribution in [2.75, 3.05) is 45.9 Å². The number of piperazine rings is 1. The average Bonchev–Trinajstić information content (AvgIpc) is 2.77. The normalized spacial score (nSPS) is 15.0. The minimum Gasteiger partial charge on any atom is -0.494 e. The maximum atomic E-state index is 12.3. The van der Waals surface area contributed by atoms with Crippen LogP contribution in [0.1, 0.15) is 18.1 Å². The molecule has 0 radical (unpaired) electrons. The molecule has 0 atom stereocenters. The monoisotopic (exact) mass is 447 g/mol. The fraction of sp³-hybridized carbons (Fsp3) is 0.458. The van der Waals surface area contributed by atoms with Crippen molar-refractivity contribution in [2.24, 2.45) is 0 Å². The summed E-state index contributed by atoms with van der Waals surface area (Å²) in [7, 11) is 0. The van der Waals surface area contributed by atoms with E-state index in [1.54, 1.807) is 12.1 Å². The highest BCUT2D eigenvalue weighted by Gasteiger charge is 2.19. The number of carbonyl (C=O) groups excluding carboxylic acids is 1. The number of nitrogens with one attached hydrogen (secondary N) is 1. The fourth-order valence-corrected chi connectivity index (χ4v) is 3.66. The highest BCUT2D eigenvalue weighted by molar-refractivity contribution is 5.78. The maximum absolute atomic E-state index is 12.3. The molecule has 1 aliphatic rings. The van der Waals surface area contributed by atoms with Crippen molar-refractivity contribution in [2.45, 2.75) is 26.5 Å². The van der Waals surface area contributed by atoms with Crippen molar-refractivity contribution >= 4 is 5.91 Å². The number of benzene rings is 2. The van der Waals surface area contributed by atoms with Gasteiger partial charge in [0, 0.05) is 39.3 Å². The third-order valence-corrected chi connectivity index (χ3v) is 5.36. The quantitative estimate of drug-likeness (QED) is 0.574.